The van der Waals surface area contributed by atoms with E-state index in [1.54, 1.807) is 50.1 Å². The van der Waals surface area contributed by atoms with E-state index in [1.807, 2.05) is 6.26 Å². The Morgan fingerprint density at radius 3 is 2.40 bits per heavy atom. The van der Waals surface area contributed by atoms with Gasteiger partial charge < -0.3 is 20.7 Å². The second kappa shape index (κ2) is 11.4. The number of amides is 3. The summed E-state index contributed by atoms with van der Waals surface area (Å²) in [5.74, 6) is 0.377. The summed E-state index contributed by atoms with van der Waals surface area (Å²) in [6, 6.07) is 5.93. The third-order valence-electron chi connectivity index (χ3n) is 3.38. The zero-order valence-corrected chi connectivity index (χ0v) is 15.6. The molecular formula is C17H25N3O4S. The summed E-state index contributed by atoms with van der Waals surface area (Å²) in [7, 11) is 1.55. The molecule has 0 bridgehead atoms. The zero-order chi connectivity index (χ0) is 18.7. The van der Waals surface area contributed by atoms with Gasteiger partial charge in [0.05, 0.1) is 13.7 Å². The second-order valence-corrected chi connectivity index (χ2v) is 6.19. The summed E-state index contributed by atoms with van der Waals surface area (Å²) < 4.78 is 5.06. The van der Waals surface area contributed by atoms with Crippen LogP contribution in [-0.2, 0) is 9.59 Å². The quantitative estimate of drug-likeness (QED) is 0.568. The van der Waals surface area contributed by atoms with Gasteiger partial charge >= 0.3 is 0 Å². The number of hydrogen-bond donors (Lipinski definition) is 3. The topological polar surface area (TPSA) is 96.5 Å². The summed E-state index contributed by atoms with van der Waals surface area (Å²) in [6.07, 6.45) is 2.40. The predicted octanol–water partition coefficient (Wildman–Crippen LogP) is 0.799. The van der Waals surface area contributed by atoms with Gasteiger partial charge in [0.25, 0.3) is 5.91 Å². The van der Waals surface area contributed by atoms with Crippen LogP contribution in [0.2, 0.25) is 0 Å². The number of hydrogen-bond acceptors (Lipinski definition) is 5. The number of likely N-dealkylation sites (N-methyl/N-ethyl adjacent to an activating group) is 1. The van der Waals surface area contributed by atoms with Gasteiger partial charge in [-0.15, -0.1) is 0 Å². The van der Waals surface area contributed by atoms with Crippen molar-refractivity contribution in [1.82, 2.24) is 16.0 Å². The van der Waals surface area contributed by atoms with Crippen LogP contribution in [0.1, 0.15) is 23.7 Å². The molecule has 0 unspecified atom stereocenters. The van der Waals surface area contributed by atoms with Gasteiger partial charge in [0.15, 0.2) is 0 Å². The Morgan fingerprint density at radius 1 is 1.16 bits per heavy atom. The highest BCUT2D eigenvalue weighted by Crippen LogP contribution is 2.11. The predicted molar refractivity (Wildman–Crippen MR) is 98.9 cm³/mol. The smallest absolute Gasteiger partial charge is 0.251 e. The first-order valence-electron chi connectivity index (χ1n) is 8.00. The molecule has 0 aliphatic rings. The first-order valence-corrected chi connectivity index (χ1v) is 9.39. The molecule has 1 atom stereocenters. The van der Waals surface area contributed by atoms with Gasteiger partial charge in [-0.2, -0.15) is 11.8 Å². The minimum Gasteiger partial charge on any atom is -0.497 e. The SMILES string of the molecule is CCNC(=O)CNC(=O)[C@H](CCSC)NC(=O)c1ccc(OC)cc1. The van der Waals surface area contributed by atoms with Gasteiger partial charge in [0.1, 0.15) is 11.8 Å². The molecule has 0 aliphatic carbocycles. The lowest BCUT2D eigenvalue weighted by atomic mass is 10.1. The van der Waals surface area contributed by atoms with E-state index in [0.717, 1.165) is 0 Å². The van der Waals surface area contributed by atoms with Crippen molar-refractivity contribution in [3.05, 3.63) is 29.8 Å². The van der Waals surface area contributed by atoms with E-state index in [0.29, 0.717) is 30.0 Å². The number of ether oxygens (including phenoxy) is 1. The summed E-state index contributed by atoms with van der Waals surface area (Å²) in [5, 5.41) is 7.88. The summed E-state index contributed by atoms with van der Waals surface area (Å²) >= 11 is 1.58. The third kappa shape index (κ3) is 7.47. The lowest BCUT2D eigenvalue weighted by molar-refractivity contribution is -0.127. The number of thioether (sulfide) groups is 1. The largest absolute Gasteiger partial charge is 0.497 e. The minimum atomic E-state index is -0.698. The average Bonchev–Trinajstić information content (AvgIpc) is 2.63. The van der Waals surface area contributed by atoms with Crippen LogP contribution in [0.3, 0.4) is 0 Å². The van der Waals surface area contributed by atoms with Gasteiger partial charge in [-0.25, -0.2) is 0 Å². The Labute approximate surface area is 152 Å². The molecule has 0 saturated heterocycles. The molecule has 3 amide bonds. The number of rotatable bonds is 10. The molecule has 0 aliphatic heterocycles. The molecule has 0 saturated carbocycles. The van der Waals surface area contributed by atoms with E-state index < -0.39 is 6.04 Å². The van der Waals surface area contributed by atoms with Crippen LogP contribution >= 0.6 is 11.8 Å². The molecule has 1 rings (SSSR count). The number of methoxy groups -OCH3 is 1. The first-order chi connectivity index (χ1) is 12.0. The molecule has 0 radical (unpaired) electrons. The molecule has 7 nitrogen and oxygen atoms in total. The lowest BCUT2D eigenvalue weighted by Crippen LogP contribution is -2.49. The third-order valence-corrected chi connectivity index (χ3v) is 4.03. The van der Waals surface area contributed by atoms with E-state index in [1.165, 1.54) is 0 Å². The van der Waals surface area contributed by atoms with Crippen LogP contribution in [0.15, 0.2) is 24.3 Å². The molecule has 1 aromatic rings. The van der Waals surface area contributed by atoms with E-state index in [2.05, 4.69) is 16.0 Å². The van der Waals surface area contributed by atoms with Crippen molar-refractivity contribution < 1.29 is 19.1 Å². The number of benzene rings is 1. The Hall–Kier alpha value is -2.22. The van der Waals surface area contributed by atoms with Gasteiger partial charge in [0.2, 0.25) is 11.8 Å². The molecule has 3 N–H and O–H groups in total. The fraction of sp³-hybridized carbons (Fsp3) is 0.471. The maximum Gasteiger partial charge on any atom is 0.251 e. The van der Waals surface area contributed by atoms with E-state index in [-0.39, 0.29) is 24.3 Å². The van der Waals surface area contributed by atoms with Crippen LogP contribution in [0.5, 0.6) is 5.75 Å². The van der Waals surface area contributed by atoms with Crippen molar-refractivity contribution in [2.75, 3.05) is 32.2 Å². The minimum absolute atomic E-state index is 0.110. The molecule has 138 valence electrons. The Bertz CT molecular complexity index is 578. The van der Waals surface area contributed by atoms with Crippen LogP contribution < -0.4 is 20.7 Å². The van der Waals surface area contributed by atoms with Crippen molar-refractivity contribution in [2.24, 2.45) is 0 Å². The van der Waals surface area contributed by atoms with Gasteiger partial charge in [-0.3, -0.25) is 14.4 Å². The van der Waals surface area contributed by atoms with Crippen LogP contribution in [-0.4, -0.2) is 56.0 Å². The summed E-state index contributed by atoms with van der Waals surface area (Å²) in [4.78, 5) is 36.1. The average molecular weight is 367 g/mol. The molecule has 0 fully saturated rings. The van der Waals surface area contributed by atoms with Crippen molar-refractivity contribution in [3.63, 3.8) is 0 Å². The highest BCUT2D eigenvalue weighted by molar-refractivity contribution is 7.98. The number of carbonyl (C=O) groups is 3. The molecular weight excluding hydrogens is 342 g/mol. The fourth-order valence-electron chi connectivity index (χ4n) is 2.04. The maximum atomic E-state index is 12.3. The van der Waals surface area contributed by atoms with Crippen LogP contribution in [0, 0.1) is 0 Å². The number of nitrogens with one attached hydrogen (secondary N) is 3. The fourth-order valence-corrected chi connectivity index (χ4v) is 2.51. The van der Waals surface area contributed by atoms with Crippen molar-refractivity contribution >= 4 is 29.5 Å². The van der Waals surface area contributed by atoms with Gasteiger partial charge in [-0.1, -0.05) is 0 Å². The van der Waals surface area contributed by atoms with E-state index in [4.69, 9.17) is 4.74 Å². The van der Waals surface area contributed by atoms with Gasteiger partial charge in [0, 0.05) is 12.1 Å². The molecule has 1 aromatic carbocycles. The van der Waals surface area contributed by atoms with E-state index >= 15 is 0 Å². The Kier molecular flexibility index (Phi) is 9.46. The summed E-state index contributed by atoms with van der Waals surface area (Å²) in [5.41, 5.74) is 0.437. The maximum absolute atomic E-state index is 12.3. The molecule has 0 spiro atoms. The van der Waals surface area contributed by atoms with Crippen LogP contribution in [0.4, 0.5) is 0 Å². The molecule has 0 aromatic heterocycles. The monoisotopic (exact) mass is 367 g/mol. The second-order valence-electron chi connectivity index (χ2n) is 5.21. The molecule has 8 heteroatoms. The molecule has 0 heterocycles. The highest BCUT2D eigenvalue weighted by atomic mass is 32.2. The van der Waals surface area contributed by atoms with Gasteiger partial charge in [-0.05, 0) is 49.6 Å². The lowest BCUT2D eigenvalue weighted by Gasteiger charge is -2.18. The van der Waals surface area contributed by atoms with E-state index in [9.17, 15) is 14.4 Å². The first kappa shape index (κ1) is 20.8. The zero-order valence-electron chi connectivity index (χ0n) is 14.8. The normalized spacial score (nSPS) is 11.3. The van der Waals surface area contributed by atoms with Crippen LogP contribution in [0.25, 0.3) is 0 Å². The number of carbonyl (C=O) groups excluding carboxylic acids is 3. The molecule has 25 heavy (non-hydrogen) atoms. The Morgan fingerprint density at radius 2 is 1.84 bits per heavy atom. The standard InChI is InChI=1S/C17H25N3O4S/c1-4-18-15(21)11-19-17(23)14(9-10-25-3)20-16(22)12-5-7-13(24-2)8-6-12/h5-8,14H,4,9-11H2,1-3H3,(H,18,21)(H,19,23)(H,20,22)/t14-/m0/s1. The Balaban J connectivity index is 2.68. The van der Waals surface area contributed by atoms with Crippen molar-refractivity contribution in [2.45, 2.75) is 19.4 Å². The van der Waals surface area contributed by atoms with Crippen molar-refractivity contribution in [3.8, 4) is 5.75 Å². The van der Waals surface area contributed by atoms with Crippen molar-refractivity contribution in [1.29, 1.82) is 0 Å². The summed E-state index contributed by atoms with van der Waals surface area (Å²) in [6.45, 7) is 2.19. The highest BCUT2D eigenvalue weighted by Gasteiger charge is 2.21.